The molecule has 5 N–H and O–H groups in total. The van der Waals surface area contributed by atoms with E-state index >= 15 is 0 Å². The minimum atomic E-state index is -1.12. The molecule has 3 aromatic carbocycles. The van der Waals surface area contributed by atoms with Gasteiger partial charge in [0.15, 0.2) is 5.69 Å². The number of hydrogen-bond donors (Lipinski definition) is 3. The van der Waals surface area contributed by atoms with Crippen molar-refractivity contribution in [1.82, 2.24) is 14.7 Å². The van der Waals surface area contributed by atoms with Crippen molar-refractivity contribution in [3.8, 4) is 5.75 Å². The third-order valence-electron chi connectivity index (χ3n) is 6.48. The van der Waals surface area contributed by atoms with Gasteiger partial charge in [0.2, 0.25) is 5.91 Å². The van der Waals surface area contributed by atoms with Crippen LogP contribution >= 0.6 is 11.5 Å². The number of carbonyl (C=O) groups is 3. The number of anilines is 2. The van der Waals surface area contributed by atoms with Crippen molar-refractivity contribution < 1.29 is 19.1 Å². The van der Waals surface area contributed by atoms with E-state index in [1.165, 1.54) is 4.90 Å². The molecule has 0 spiro atoms. The SMILES string of the molecule is COc1ccc(CNC(=O)[C@H](c2ccc3ncccc3c2)N(C(=O)c2snc(C(N)=O)c2N)c2ccccc2)cc1. The highest BCUT2D eigenvalue weighted by molar-refractivity contribution is 7.09. The number of rotatable bonds is 9. The van der Waals surface area contributed by atoms with Gasteiger partial charge in [-0.25, -0.2) is 0 Å². The zero-order valence-corrected chi connectivity index (χ0v) is 22.8. The highest BCUT2D eigenvalue weighted by Crippen LogP contribution is 2.34. The number of nitrogens with zero attached hydrogens (tertiary/aromatic N) is 3. The summed E-state index contributed by atoms with van der Waals surface area (Å²) >= 11 is 0.756. The van der Waals surface area contributed by atoms with Crippen molar-refractivity contribution in [2.45, 2.75) is 12.6 Å². The monoisotopic (exact) mass is 566 g/mol. The molecule has 5 rings (SSSR count). The van der Waals surface area contributed by atoms with Gasteiger partial charge >= 0.3 is 0 Å². The summed E-state index contributed by atoms with van der Waals surface area (Å²) in [7, 11) is 1.58. The predicted molar refractivity (Wildman–Crippen MR) is 158 cm³/mol. The maximum atomic E-state index is 14.2. The van der Waals surface area contributed by atoms with Gasteiger partial charge in [0, 0.05) is 23.8 Å². The maximum absolute atomic E-state index is 14.2. The largest absolute Gasteiger partial charge is 0.497 e. The molecule has 0 aliphatic heterocycles. The highest BCUT2D eigenvalue weighted by Gasteiger charge is 2.36. The van der Waals surface area contributed by atoms with Gasteiger partial charge in [-0.3, -0.25) is 24.3 Å². The topological polar surface area (TPSA) is 154 Å². The van der Waals surface area contributed by atoms with Crippen molar-refractivity contribution >= 4 is 51.5 Å². The van der Waals surface area contributed by atoms with Gasteiger partial charge in [-0.05, 0) is 65.1 Å². The normalized spacial score (nSPS) is 11.5. The van der Waals surface area contributed by atoms with Gasteiger partial charge in [-0.15, -0.1) is 0 Å². The Kier molecular flexibility index (Phi) is 7.88. The standard InChI is InChI=1S/C30H26N6O4S/c1-40-22-12-9-18(10-13-22)17-34-29(38)26(20-11-14-23-19(16-20)6-5-15-33-23)36(21-7-3-2-4-8-21)30(39)27-24(31)25(28(32)37)35-41-27/h2-16,26H,17,31H2,1H3,(H2,32,37)(H,34,38)/t26-/m0/s1. The first-order valence-corrected chi connectivity index (χ1v) is 13.3. The summed E-state index contributed by atoms with van der Waals surface area (Å²) in [5, 5.41) is 3.77. The van der Waals surface area contributed by atoms with E-state index < -0.39 is 23.8 Å². The minimum absolute atomic E-state index is 0.00179. The van der Waals surface area contributed by atoms with Crippen molar-refractivity contribution in [3.05, 3.63) is 113 Å². The molecule has 0 saturated heterocycles. The van der Waals surface area contributed by atoms with Gasteiger partial charge in [-0.2, -0.15) is 4.37 Å². The molecule has 3 amide bonds. The van der Waals surface area contributed by atoms with Crippen LogP contribution in [0.3, 0.4) is 0 Å². The van der Waals surface area contributed by atoms with Crippen LogP contribution in [-0.4, -0.2) is 34.2 Å². The van der Waals surface area contributed by atoms with E-state index in [1.807, 2.05) is 24.3 Å². The Bertz CT molecular complexity index is 1720. The van der Waals surface area contributed by atoms with Gasteiger partial charge in [0.25, 0.3) is 11.8 Å². The van der Waals surface area contributed by atoms with Crippen LogP contribution < -0.4 is 26.4 Å². The molecule has 11 heteroatoms. The Balaban J connectivity index is 1.61. The summed E-state index contributed by atoms with van der Waals surface area (Å²) in [6.45, 7) is 0.208. The lowest BCUT2D eigenvalue weighted by Crippen LogP contribution is -2.44. The molecular formula is C30H26N6O4S. The molecule has 1 atom stereocenters. The Labute approximate surface area is 239 Å². The van der Waals surface area contributed by atoms with Gasteiger partial charge < -0.3 is 21.5 Å². The van der Waals surface area contributed by atoms with Crippen LogP contribution in [0.25, 0.3) is 10.9 Å². The molecule has 0 saturated carbocycles. The number of pyridine rings is 1. The van der Waals surface area contributed by atoms with Crippen LogP contribution in [0, 0.1) is 0 Å². The molecule has 10 nitrogen and oxygen atoms in total. The van der Waals surface area contributed by atoms with Crippen molar-refractivity contribution in [2.24, 2.45) is 5.73 Å². The quantitative estimate of drug-likeness (QED) is 0.243. The fourth-order valence-corrected chi connectivity index (χ4v) is 5.16. The number of nitrogen functional groups attached to an aromatic ring is 1. The number of hydrogen-bond acceptors (Lipinski definition) is 8. The number of amides is 3. The lowest BCUT2D eigenvalue weighted by Gasteiger charge is -2.31. The number of methoxy groups -OCH3 is 1. The molecule has 0 unspecified atom stereocenters. The van der Waals surface area contributed by atoms with Crippen LogP contribution in [0.1, 0.15) is 37.3 Å². The number of fused-ring (bicyclic) bond motifs is 1. The fourth-order valence-electron chi connectivity index (χ4n) is 4.42. The summed E-state index contributed by atoms with van der Waals surface area (Å²) in [4.78, 5) is 45.8. The Morgan fingerprint density at radius 2 is 1.76 bits per heavy atom. The van der Waals surface area contributed by atoms with Crippen LogP contribution in [0.2, 0.25) is 0 Å². The lowest BCUT2D eigenvalue weighted by molar-refractivity contribution is -0.122. The van der Waals surface area contributed by atoms with Crippen molar-refractivity contribution in [3.63, 3.8) is 0 Å². The summed E-state index contributed by atoms with van der Waals surface area (Å²) in [6, 6.07) is 24.0. The third-order valence-corrected chi connectivity index (χ3v) is 7.33. The zero-order chi connectivity index (χ0) is 28.9. The van der Waals surface area contributed by atoms with E-state index in [0.29, 0.717) is 17.0 Å². The summed E-state index contributed by atoms with van der Waals surface area (Å²) in [5.41, 5.74) is 13.8. The smallest absolute Gasteiger partial charge is 0.273 e. The van der Waals surface area contributed by atoms with E-state index in [0.717, 1.165) is 28.0 Å². The lowest BCUT2D eigenvalue weighted by atomic mass is 10.00. The zero-order valence-electron chi connectivity index (χ0n) is 22.0. The number of ether oxygens (including phenoxy) is 1. The third kappa shape index (κ3) is 5.70. The number of nitrogens with one attached hydrogen (secondary N) is 1. The number of primary amides is 1. The predicted octanol–water partition coefficient (Wildman–Crippen LogP) is 4.09. The van der Waals surface area contributed by atoms with Crippen LogP contribution in [0.4, 0.5) is 11.4 Å². The molecule has 2 heterocycles. The van der Waals surface area contributed by atoms with Crippen LogP contribution in [0.5, 0.6) is 5.75 Å². The molecule has 206 valence electrons. The summed E-state index contributed by atoms with van der Waals surface area (Å²) < 4.78 is 9.22. The molecule has 0 aliphatic carbocycles. The number of benzene rings is 3. The molecule has 5 aromatic rings. The Morgan fingerprint density at radius 1 is 1.00 bits per heavy atom. The first kappa shape index (κ1) is 27.3. The summed E-state index contributed by atoms with van der Waals surface area (Å²) in [5.74, 6) is -1.19. The fraction of sp³-hybridized carbons (Fsp3) is 0.100. The highest BCUT2D eigenvalue weighted by atomic mass is 32.1. The van der Waals surface area contributed by atoms with Crippen LogP contribution in [0.15, 0.2) is 91.1 Å². The van der Waals surface area contributed by atoms with E-state index in [9.17, 15) is 14.4 Å². The Morgan fingerprint density at radius 3 is 2.44 bits per heavy atom. The first-order chi connectivity index (χ1) is 19.9. The average Bonchev–Trinajstić information content (AvgIpc) is 3.40. The van der Waals surface area contributed by atoms with E-state index in [1.54, 1.807) is 74.0 Å². The van der Waals surface area contributed by atoms with E-state index in [2.05, 4.69) is 14.7 Å². The van der Waals surface area contributed by atoms with E-state index in [-0.39, 0.29) is 22.8 Å². The first-order valence-electron chi connectivity index (χ1n) is 12.6. The molecule has 2 aromatic heterocycles. The number of para-hydroxylation sites is 1. The second-order valence-corrected chi connectivity index (χ2v) is 9.85. The van der Waals surface area contributed by atoms with Gasteiger partial charge in [0.05, 0.1) is 18.3 Å². The maximum Gasteiger partial charge on any atom is 0.273 e. The Hall–Kier alpha value is -5.29. The number of aromatic nitrogens is 2. The van der Waals surface area contributed by atoms with Crippen molar-refractivity contribution in [2.75, 3.05) is 17.7 Å². The van der Waals surface area contributed by atoms with Gasteiger partial charge in [-0.1, -0.05) is 42.5 Å². The van der Waals surface area contributed by atoms with E-state index in [4.69, 9.17) is 16.2 Å². The average molecular weight is 567 g/mol. The number of carbonyl (C=O) groups excluding carboxylic acids is 3. The van der Waals surface area contributed by atoms with Gasteiger partial charge in [0.1, 0.15) is 16.7 Å². The minimum Gasteiger partial charge on any atom is -0.497 e. The molecule has 0 aliphatic rings. The number of nitrogens with two attached hydrogens (primary N) is 2. The van der Waals surface area contributed by atoms with Crippen molar-refractivity contribution in [1.29, 1.82) is 0 Å². The molecular weight excluding hydrogens is 540 g/mol. The second-order valence-electron chi connectivity index (χ2n) is 9.07. The molecule has 41 heavy (non-hydrogen) atoms. The second kappa shape index (κ2) is 11.8. The van der Waals surface area contributed by atoms with Crippen LogP contribution in [-0.2, 0) is 11.3 Å². The molecule has 0 bridgehead atoms. The summed E-state index contributed by atoms with van der Waals surface area (Å²) in [6.07, 6.45) is 1.68. The molecule has 0 fully saturated rings. The molecule has 0 radical (unpaired) electrons.